The number of phenols is 1. The number of amides is 4. The molecule has 0 fully saturated rings. The summed E-state index contributed by atoms with van der Waals surface area (Å²) in [6.45, 7) is 3.41. The molecule has 216 valence electrons. The van der Waals surface area contributed by atoms with Gasteiger partial charge in [0, 0.05) is 6.54 Å². The number of carbonyl (C=O) groups is 5. The average Bonchev–Trinajstić information content (AvgIpc) is 2.84. The van der Waals surface area contributed by atoms with Gasteiger partial charge in [-0.3, -0.25) is 24.2 Å². The highest BCUT2D eigenvalue weighted by Crippen LogP contribution is 2.11. The van der Waals surface area contributed by atoms with Gasteiger partial charge < -0.3 is 49.1 Å². The van der Waals surface area contributed by atoms with E-state index in [9.17, 15) is 34.2 Å². The lowest BCUT2D eigenvalue weighted by Crippen LogP contribution is -2.58. The summed E-state index contributed by atoms with van der Waals surface area (Å²) in [5, 5.41) is 26.0. The number of carboxylic acid groups (broad SMARTS) is 1. The minimum absolute atomic E-state index is 0.0577. The summed E-state index contributed by atoms with van der Waals surface area (Å²) >= 11 is 0. The molecule has 0 aliphatic heterocycles. The molecule has 1 rings (SSSR count). The number of nitrogens with two attached hydrogens (primary N) is 4. The van der Waals surface area contributed by atoms with E-state index in [1.165, 1.54) is 12.1 Å². The van der Waals surface area contributed by atoms with Gasteiger partial charge in [0.1, 0.15) is 23.9 Å². The molecule has 0 bridgehead atoms. The standard InChI is InChI=1S/C24H38N8O7/c1-12(2)19(22(37)31-17(23(38)39)11-18(26)34)32-21(36)16(4-3-9-29-24(27)28)30-20(35)15(25)10-13-5-7-14(33)8-6-13/h5-8,12,15-17,19,33H,3-4,9-11,25H2,1-2H3,(H2,26,34)(H,30,35)(H,31,37)(H,32,36)(H,38,39)(H4,27,28,29). The number of phenolic OH excluding ortho intramolecular Hbond substituents is 1. The van der Waals surface area contributed by atoms with Crippen LogP contribution in [0.15, 0.2) is 29.3 Å². The van der Waals surface area contributed by atoms with Crippen LogP contribution in [0.25, 0.3) is 0 Å². The van der Waals surface area contributed by atoms with Crippen molar-refractivity contribution >= 4 is 35.6 Å². The van der Waals surface area contributed by atoms with Gasteiger partial charge in [-0.2, -0.15) is 0 Å². The number of hydrogen-bond donors (Lipinski definition) is 9. The number of carbonyl (C=O) groups excluding carboxylic acids is 4. The predicted molar refractivity (Wildman–Crippen MR) is 142 cm³/mol. The number of aromatic hydroxyl groups is 1. The summed E-state index contributed by atoms with van der Waals surface area (Å²) in [6.07, 6.45) is -0.127. The third-order valence-corrected chi connectivity index (χ3v) is 5.57. The Kier molecular flexibility index (Phi) is 13.2. The zero-order valence-electron chi connectivity index (χ0n) is 21.9. The second-order valence-electron chi connectivity index (χ2n) is 9.29. The number of hydrogen-bond acceptors (Lipinski definition) is 8. The summed E-state index contributed by atoms with van der Waals surface area (Å²) in [6, 6.07) is 1.18. The quantitative estimate of drug-likeness (QED) is 0.0587. The molecule has 4 amide bonds. The molecule has 1 aromatic carbocycles. The third-order valence-electron chi connectivity index (χ3n) is 5.57. The molecule has 13 N–H and O–H groups in total. The van der Waals surface area contributed by atoms with E-state index in [4.69, 9.17) is 22.9 Å². The van der Waals surface area contributed by atoms with Crippen LogP contribution in [-0.4, -0.2) is 76.5 Å². The Balaban J connectivity index is 3.01. The molecule has 0 spiro atoms. The van der Waals surface area contributed by atoms with E-state index in [2.05, 4.69) is 20.9 Å². The van der Waals surface area contributed by atoms with Crippen molar-refractivity contribution in [1.29, 1.82) is 0 Å². The van der Waals surface area contributed by atoms with Gasteiger partial charge in [0.15, 0.2) is 5.96 Å². The van der Waals surface area contributed by atoms with Crippen LogP contribution in [-0.2, 0) is 30.4 Å². The minimum Gasteiger partial charge on any atom is -0.508 e. The second kappa shape index (κ2) is 15.8. The lowest BCUT2D eigenvalue weighted by molar-refractivity contribution is -0.144. The molecule has 0 saturated carbocycles. The summed E-state index contributed by atoms with van der Waals surface area (Å²) < 4.78 is 0. The molecule has 4 atom stereocenters. The fourth-order valence-corrected chi connectivity index (χ4v) is 3.48. The van der Waals surface area contributed by atoms with Gasteiger partial charge >= 0.3 is 5.97 Å². The third kappa shape index (κ3) is 12.1. The van der Waals surface area contributed by atoms with Crippen LogP contribution < -0.4 is 38.9 Å². The fraction of sp³-hybridized carbons (Fsp3) is 0.500. The highest BCUT2D eigenvalue weighted by Gasteiger charge is 2.32. The van der Waals surface area contributed by atoms with Crippen LogP contribution in [0.4, 0.5) is 0 Å². The highest BCUT2D eigenvalue weighted by atomic mass is 16.4. The number of aliphatic imine (C=N–C) groups is 1. The minimum atomic E-state index is -1.58. The van der Waals surface area contributed by atoms with Crippen LogP contribution in [0.3, 0.4) is 0 Å². The lowest BCUT2D eigenvalue weighted by atomic mass is 10.0. The summed E-state index contributed by atoms with van der Waals surface area (Å²) in [7, 11) is 0. The zero-order chi connectivity index (χ0) is 29.7. The monoisotopic (exact) mass is 550 g/mol. The van der Waals surface area contributed by atoms with Gasteiger partial charge in [-0.1, -0.05) is 26.0 Å². The Morgan fingerprint density at radius 1 is 0.897 bits per heavy atom. The van der Waals surface area contributed by atoms with E-state index in [1.807, 2.05) is 0 Å². The molecule has 4 unspecified atom stereocenters. The summed E-state index contributed by atoms with van der Waals surface area (Å²) in [4.78, 5) is 65.3. The van der Waals surface area contributed by atoms with Crippen molar-refractivity contribution in [2.45, 2.75) is 63.7 Å². The SMILES string of the molecule is CC(C)C(NC(=O)C(CCCN=C(N)N)NC(=O)C(N)Cc1ccc(O)cc1)C(=O)NC(CC(N)=O)C(=O)O. The molecule has 1 aromatic rings. The van der Waals surface area contributed by atoms with Gasteiger partial charge in [-0.25, -0.2) is 4.79 Å². The van der Waals surface area contributed by atoms with Crippen LogP contribution in [0.1, 0.15) is 38.7 Å². The van der Waals surface area contributed by atoms with E-state index >= 15 is 0 Å². The number of carboxylic acids is 1. The van der Waals surface area contributed by atoms with Crippen LogP contribution in [0.2, 0.25) is 0 Å². The van der Waals surface area contributed by atoms with E-state index in [0.29, 0.717) is 12.0 Å². The zero-order valence-corrected chi connectivity index (χ0v) is 21.9. The maximum Gasteiger partial charge on any atom is 0.326 e. The van der Waals surface area contributed by atoms with Crippen LogP contribution in [0.5, 0.6) is 5.75 Å². The molecule has 39 heavy (non-hydrogen) atoms. The number of nitrogens with one attached hydrogen (secondary N) is 3. The Labute approximate surface area is 225 Å². The fourth-order valence-electron chi connectivity index (χ4n) is 3.48. The molecular weight excluding hydrogens is 512 g/mol. The Morgan fingerprint density at radius 2 is 1.49 bits per heavy atom. The van der Waals surface area contributed by atoms with Gasteiger partial charge in [0.2, 0.25) is 23.6 Å². The van der Waals surface area contributed by atoms with Crippen molar-refractivity contribution in [3.8, 4) is 5.75 Å². The van der Waals surface area contributed by atoms with E-state index in [1.54, 1.807) is 26.0 Å². The number of nitrogens with zero attached hydrogens (tertiary/aromatic N) is 1. The van der Waals surface area contributed by atoms with Crippen molar-refractivity contribution in [3.63, 3.8) is 0 Å². The first-order chi connectivity index (χ1) is 18.2. The van der Waals surface area contributed by atoms with Crippen molar-refractivity contribution in [1.82, 2.24) is 16.0 Å². The maximum absolute atomic E-state index is 13.2. The van der Waals surface area contributed by atoms with Gasteiger partial charge in [-0.05, 0) is 42.9 Å². The number of aliphatic carboxylic acids is 1. The average molecular weight is 551 g/mol. The smallest absolute Gasteiger partial charge is 0.326 e. The molecule has 0 aliphatic carbocycles. The van der Waals surface area contributed by atoms with Gasteiger partial charge in [0.05, 0.1) is 12.5 Å². The first-order valence-electron chi connectivity index (χ1n) is 12.2. The van der Waals surface area contributed by atoms with Crippen LogP contribution >= 0.6 is 0 Å². The van der Waals surface area contributed by atoms with E-state index in [0.717, 1.165) is 0 Å². The maximum atomic E-state index is 13.2. The van der Waals surface area contributed by atoms with Crippen LogP contribution in [0, 0.1) is 5.92 Å². The van der Waals surface area contributed by atoms with Gasteiger partial charge in [-0.15, -0.1) is 0 Å². The molecular formula is C24H38N8O7. The van der Waals surface area contributed by atoms with E-state index < -0.39 is 66.1 Å². The number of guanidine groups is 1. The molecule has 0 aliphatic rings. The topological polar surface area (TPSA) is 278 Å². The molecule has 15 nitrogen and oxygen atoms in total. The summed E-state index contributed by atoms with van der Waals surface area (Å²) in [5.74, 6) is -5.18. The first kappa shape index (κ1) is 32.6. The van der Waals surface area contributed by atoms with E-state index in [-0.39, 0.29) is 31.1 Å². The first-order valence-corrected chi connectivity index (χ1v) is 12.2. The van der Waals surface area contributed by atoms with Crippen molar-refractivity contribution in [2.75, 3.05) is 6.54 Å². The molecule has 0 saturated heterocycles. The molecule has 0 aromatic heterocycles. The number of primary amides is 1. The lowest BCUT2D eigenvalue weighted by Gasteiger charge is -2.27. The van der Waals surface area contributed by atoms with Crippen molar-refractivity contribution in [3.05, 3.63) is 29.8 Å². The predicted octanol–water partition coefficient (Wildman–Crippen LogP) is -2.61. The Hall–Kier alpha value is -4.40. The number of rotatable bonds is 16. The Bertz CT molecular complexity index is 1040. The normalized spacial score (nSPS) is 13.8. The second-order valence-corrected chi connectivity index (χ2v) is 9.29. The highest BCUT2D eigenvalue weighted by molar-refractivity contribution is 5.95. The number of benzene rings is 1. The summed E-state index contributed by atoms with van der Waals surface area (Å²) in [5.41, 5.74) is 22.4. The molecule has 0 radical (unpaired) electrons. The van der Waals surface area contributed by atoms with Gasteiger partial charge in [0.25, 0.3) is 0 Å². The molecule has 0 heterocycles. The largest absolute Gasteiger partial charge is 0.508 e. The Morgan fingerprint density at radius 3 is 2.00 bits per heavy atom. The van der Waals surface area contributed by atoms with Crippen molar-refractivity contribution in [2.24, 2.45) is 33.8 Å². The molecule has 15 heteroatoms. The van der Waals surface area contributed by atoms with Crippen molar-refractivity contribution < 1.29 is 34.2 Å².